The highest BCUT2D eigenvalue weighted by Gasteiger charge is 2.03. The first kappa shape index (κ1) is 7.85. The second-order valence-corrected chi connectivity index (χ2v) is 2.45. The Morgan fingerprint density at radius 1 is 1.55 bits per heavy atom. The molecule has 1 aromatic carbocycles. The molecule has 0 unspecified atom stereocenters. The monoisotopic (exact) mass is 154 g/mol. The van der Waals surface area contributed by atoms with E-state index in [4.69, 9.17) is 5.11 Å². The van der Waals surface area contributed by atoms with Crippen molar-refractivity contribution in [3.05, 3.63) is 24.0 Å². The summed E-state index contributed by atoms with van der Waals surface area (Å²) in [6.07, 6.45) is 0. The summed E-state index contributed by atoms with van der Waals surface area (Å²) in [6.45, 7) is 0. The Labute approximate surface area is 64.9 Å². The van der Waals surface area contributed by atoms with Gasteiger partial charge in [-0.2, -0.15) is 0 Å². The highest BCUT2D eigenvalue weighted by Crippen LogP contribution is 2.24. The van der Waals surface area contributed by atoms with Gasteiger partial charge in [0, 0.05) is 26.2 Å². The second kappa shape index (κ2) is 2.78. The number of hydrogen-bond acceptors (Lipinski definition) is 2. The van der Waals surface area contributed by atoms with Crippen LogP contribution in [0, 0.1) is 11.9 Å². The van der Waals surface area contributed by atoms with Gasteiger partial charge in [0.2, 0.25) is 0 Å². The summed E-state index contributed by atoms with van der Waals surface area (Å²) in [5.74, 6) is -0.428. The maximum atomic E-state index is 12.5. The number of aromatic hydroxyl groups is 1. The zero-order valence-corrected chi connectivity index (χ0v) is 6.43. The molecule has 1 N–H and O–H groups in total. The van der Waals surface area contributed by atoms with Crippen molar-refractivity contribution in [2.24, 2.45) is 0 Å². The molecule has 0 aromatic heterocycles. The van der Waals surface area contributed by atoms with Gasteiger partial charge in [-0.05, 0) is 6.07 Å². The van der Waals surface area contributed by atoms with Crippen molar-refractivity contribution in [2.45, 2.75) is 0 Å². The molecule has 0 aliphatic heterocycles. The lowest BCUT2D eigenvalue weighted by atomic mass is 10.3. The van der Waals surface area contributed by atoms with Gasteiger partial charge in [0.15, 0.2) is 0 Å². The number of phenolic OH excluding ortho intramolecular Hbond substituents is 1. The third-order valence-corrected chi connectivity index (χ3v) is 1.35. The molecule has 2 nitrogen and oxygen atoms in total. The van der Waals surface area contributed by atoms with E-state index in [2.05, 4.69) is 6.07 Å². The maximum Gasteiger partial charge on any atom is 0.147 e. The molecule has 59 valence electrons. The lowest BCUT2D eigenvalue weighted by Gasteiger charge is -2.13. The van der Waals surface area contributed by atoms with E-state index in [-0.39, 0.29) is 5.75 Å². The molecule has 1 radical (unpaired) electrons. The van der Waals surface area contributed by atoms with Crippen LogP contribution in [0.5, 0.6) is 5.75 Å². The molecule has 0 bridgehead atoms. The number of anilines is 1. The van der Waals surface area contributed by atoms with Crippen LogP contribution in [0.3, 0.4) is 0 Å². The highest BCUT2D eigenvalue weighted by molar-refractivity contribution is 5.56. The summed E-state index contributed by atoms with van der Waals surface area (Å²) in [5, 5.41) is 9.14. The minimum absolute atomic E-state index is 0.0311. The van der Waals surface area contributed by atoms with Gasteiger partial charge in [0.1, 0.15) is 11.6 Å². The van der Waals surface area contributed by atoms with E-state index < -0.39 is 5.82 Å². The Kier molecular flexibility index (Phi) is 1.98. The predicted octanol–water partition coefficient (Wildman–Crippen LogP) is 1.40. The number of rotatable bonds is 1. The van der Waals surface area contributed by atoms with Crippen molar-refractivity contribution in [3.8, 4) is 5.75 Å². The smallest absolute Gasteiger partial charge is 0.147 e. The molecule has 0 aliphatic carbocycles. The number of phenols is 1. The summed E-state index contributed by atoms with van der Waals surface area (Å²) in [5.41, 5.74) is 0.435. The van der Waals surface area contributed by atoms with Crippen molar-refractivity contribution < 1.29 is 9.50 Å². The SMILES string of the molecule is CN(C)c1cc(F)c[c]c1O. The molecule has 0 heterocycles. The van der Waals surface area contributed by atoms with Gasteiger partial charge in [0.05, 0.1) is 5.69 Å². The van der Waals surface area contributed by atoms with Crippen LogP contribution in [0.2, 0.25) is 0 Å². The van der Waals surface area contributed by atoms with Crippen LogP contribution < -0.4 is 4.90 Å². The molecule has 0 aliphatic rings. The Balaban J connectivity index is 3.13. The molecule has 1 aromatic rings. The van der Waals surface area contributed by atoms with Crippen LogP contribution in [-0.2, 0) is 0 Å². The average molecular weight is 154 g/mol. The topological polar surface area (TPSA) is 23.5 Å². The van der Waals surface area contributed by atoms with Gasteiger partial charge >= 0.3 is 0 Å². The summed E-state index contributed by atoms with van der Waals surface area (Å²) in [7, 11) is 3.45. The molecule has 3 heteroatoms. The van der Waals surface area contributed by atoms with Crippen molar-refractivity contribution in [1.82, 2.24) is 0 Å². The second-order valence-electron chi connectivity index (χ2n) is 2.45. The fraction of sp³-hybridized carbons (Fsp3) is 0.250. The first-order valence-electron chi connectivity index (χ1n) is 3.19. The Morgan fingerprint density at radius 3 is 2.64 bits per heavy atom. The molecule has 0 fully saturated rings. The molecule has 0 spiro atoms. The first-order chi connectivity index (χ1) is 5.11. The lowest BCUT2D eigenvalue weighted by Crippen LogP contribution is -2.08. The van der Waals surface area contributed by atoms with E-state index >= 15 is 0 Å². The number of nitrogens with zero attached hydrogens (tertiary/aromatic N) is 1. The van der Waals surface area contributed by atoms with Gasteiger partial charge in [-0.15, -0.1) is 0 Å². The van der Waals surface area contributed by atoms with Crippen LogP contribution in [-0.4, -0.2) is 19.2 Å². The largest absolute Gasteiger partial charge is 0.505 e. The van der Waals surface area contributed by atoms with Crippen molar-refractivity contribution in [1.29, 1.82) is 0 Å². The molecular formula is C8H9FNO. The van der Waals surface area contributed by atoms with Gasteiger partial charge in [0.25, 0.3) is 0 Å². The fourth-order valence-corrected chi connectivity index (χ4v) is 0.793. The minimum Gasteiger partial charge on any atom is -0.505 e. The quantitative estimate of drug-likeness (QED) is 0.660. The molecule has 1 rings (SSSR count). The maximum absolute atomic E-state index is 12.5. The average Bonchev–Trinajstić information content (AvgIpc) is 1.94. The minimum atomic E-state index is -0.397. The third kappa shape index (κ3) is 1.61. The summed E-state index contributed by atoms with van der Waals surface area (Å²) < 4.78 is 12.5. The van der Waals surface area contributed by atoms with E-state index in [0.29, 0.717) is 5.69 Å². The molecule has 0 amide bonds. The van der Waals surface area contributed by atoms with Crippen LogP contribution >= 0.6 is 0 Å². The van der Waals surface area contributed by atoms with E-state index in [1.54, 1.807) is 19.0 Å². The van der Waals surface area contributed by atoms with Crippen LogP contribution in [0.4, 0.5) is 10.1 Å². The Hall–Kier alpha value is -1.25. The van der Waals surface area contributed by atoms with Crippen LogP contribution in [0.15, 0.2) is 12.1 Å². The van der Waals surface area contributed by atoms with Crippen LogP contribution in [0.1, 0.15) is 0 Å². The van der Waals surface area contributed by atoms with Gasteiger partial charge in [-0.25, -0.2) is 4.39 Å². The van der Waals surface area contributed by atoms with E-state index in [1.165, 1.54) is 6.07 Å². The van der Waals surface area contributed by atoms with Gasteiger partial charge in [-0.1, -0.05) is 0 Å². The summed E-state index contributed by atoms with van der Waals surface area (Å²) in [6, 6.07) is 4.74. The zero-order chi connectivity index (χ0) is 8.43. The van der Waals surface area contributed by atoms with Crippen molar-refractivity contribution >= 4 is 5.69 Å². The Bertz CT molecular complexity index is 260. The Morgan fingerprint density at radius 2 is 2.18 bits per heavy atom. The predicted molar refractivity (Wildman–Crippen MR) is 41.2 cm³/mol. The normalized spacial score (nSPS) is 9.73. The highest BCUT2D eigenvalue weighted by atomic mass is 19.1. The van der Waals surface area contributed by atoms with Crippen LogP contribution in [0.25, 0.3) is 0 Å². The van der Waals surface area contributed by atoms with Crippen molar-refractivity contribution in [2.75, 3.05) is 19.0 Å². The van der Waals surface area contributed by atoms with E-state index in [1.807, 2.05) is 0 Å². The van der Waals surface area contributed by atoms with Gasteiger partial charge in [-0.3, -0.25) is 0 Å². The molecule has 0 atom stereocenters. The molecule has 11 heavy (non-hydrogen) atoms. The number of halogens is 1. The number of benzene rings is 1. The standard InChI is InChI=1S/C8H9FNO/c1-10(2)7-5-6(9)3-4-8(7)11/h3,5,11H,1-2H3. The third-order valence-electron chi connectivity index (χ3n) is 1.35. The fourth-order valence-electron chi connectivity index (χ4n) is 0.793. The zero-order valence-electron chi connectivity index (χ0n) is 6.43. The molecular weight excluding hydrogens is 145 g/mol. The molecule has 0 saturated carbocycles. The lowest BCUT2D eigenvalue weighted by molar-refractivity contribution is 0.472. The summed E-state index contributed by atoms with van der Waals surface area (Å²) >= 11 is 0. The summed E-state index contributed by atoms with van der Waals surface area (Å²) in [4.78, 5) is 1.62. The van der Waals surface area contributed by atoms with E-state index in [9.17, 15) is 4.39 Å². The first-order valence-corrected chi connectivity index (χ1v) is 3.19. The van der Waals surface area contributed by atoms with Crippen molar-refractivity contribution in [3.63, 3.8) is 0 Å². The number of hydrogen-bond donors (Lipinski definition) is 1. The molecule has 0 saturated heterocycles. The van der Waals surface area contributed by atoms with E-state index in [0.717, 1.165) is 6.07 Å². The van der Waals surface area contributed by atoms with Gasteiger partial charge < -0.3 is 10.0 Å².